The van der Waals surface area contributed by atoms with Crippen LogP contribution in [-0.4, -0.2) is 44.2 Å². The highest BCUT2D eigenvalue weighted by Gasteiger charge is 2.32. The SMILES string of the molecule is Cn1nc(C2CCC(=O)NC2=O)c2cccc(OCC(=O)NCc3noc(-c4ccccc4)n3)c21. The highest BCUT2D eigenvalue weighted by atomic mass is 16.5. The van der Waals surface area contributed by atoms with Crippen LogP contribution in [0.2, 0.25) is 0 Å². The molecule has 1 aliphatic rings. The largest absolute Gasteiger partial charge is 0.482 e. The lowest BCUT2D eigenvalue weighted by molar-refractivity contribution is -0.134. The van der Waals surface area contributed by atoms with E-state index < -0.39 is 5.92 Å². The second-order valence-electron chi connectivity index (χ2n) is 8.11. The third-order valence-corrected chi connectivity index (χ3v) is 5.72. The maximum Gasteiger partial charge on any atom is 0.258 e. The first kappa shape index (κ1) is 22.3. The van der Waals surface area contributed by atoms with Gasteiger partial charge in [0.1, 0.15) is 11.3 Å². The first-order valence-electron chi connectivity index (χ1n) is 11.1. The van der Waals surface area contributed by atoms with Crippen LogP contribution >= 0.6 is 0 Å². The number of benzene rings is 2. The first-order valence-corrected chi connectivity index (χ1v) is 11.1. The number of hydrogen-bond donors (Lipinski definition) is 2. The lowest BCUT2D eigenvalue weighted by atomic mass is 9.93. The average molecular weight is 474 g/mol. The van der Waals surface area contributed by atoms with Gasteiger partial charge in [0.05, 0.1) is 18.2 Å². The van der Waals surface area contributed by atoms with Gasteiger partial charge < -0.3 is 14.6 Å². The Bertz CT molecular complexity index is 1410. The van der Waals surface area contributed by atoms with Crippen LogP contribution in [0.4, 0.5) is 0 Å². The number of carbonyl (C=O) groups is 3. The van der Waals surface area contributed by atoms with Crippen molar-refractivity contribution in [2.24, 2.45) is 7.05 Å². The Kier molecular flexibility index (Phi) is 5.96. The molecule has 11 nitrogen and oxygen atoms in total. The van der Waals surface area contributed by atoms with Gasteiger partial charge in [0.15, 0.2) is 12.4 Å². The van der Waals surface area contributed by atoms with Gasteiger partial charge in [-0.05, 0) is 24.6 Å². The summed E-state index contributed by atoms with van der Waals surface area (Å²) < 4.78 is 12.6. The first-order chi connectivity index (χ1) is 17.0. The number of amides is 3. The number of imide groups is 1. The zero-order valence-electron chi connectivity index (χ0n) is 18.9. The molecule has 1 fully saturated rings. The van der Waals surface area contributed by atoms with E-state index >= 15 is 0 Å². The van der Waals surface area contributed by atoms with Gasteiger partial charge in [0, 0.05) is 24.4 Å². The minimum absolute atomic E-state index is 0.0914. The van der Waals surface area contributed by atoms with Gasteiger partial charge in [0.2, 0.25) is 11.8 Å². The van der Waals surface area contributed by atoms with Gasteiger partial charge in [-0.1, -0.05) is 35.5 Å². The molecule has 0 radical (unpaired) electrons. The Morgan fingerprint density at radius 1 is 1.20 bits per heavy atom. The summed E-state index contributed by atoms with van der Waals surface area (Å²) >= 11 is 0. The van der Waals surface area contributed by atoms with Crippen molar-refractivity contribution in [3.05, 3.63) is 60.0 Å². The smallest absolute Gasteiger partial charge is 0.258 e. The van der Waals surface area contributed by atoms with Crippen LogP contribution < -0.4 is 15.4 Å². The number of aromatic nitrogens is 4. The van der Waals surface area contributed by atoms with E-state index in [4.69, 9.17) is 9.26 Å². The standard InChI is InChI=1S/C24H22N6O5/c1-30-22-15(21(28-30)16-10-11-19(31)27-23(16)33)8-5-9-17(22)34-13-20(32)25-12-18-26-24(35-29-18)14-6-3-2-4-7-14/h2-9,16H,10-13H2,1H3,(H,25,32)(H,27,31,33). The number of ether oxygens (including phenoxy) is 1. The van der Waals surface area contributed by atoms with E-state index in [1.54, 1.807) is 23.9 Å². The number of para-hydroxylation sites is 1. The number of hydrogen-bond acceptors (Lipinski definition) is 8. The Labute approximate surface area is 199 Å². The molecule has 3 heterocycles. The fourth-order valence-electron chi connectivity index (χ4n) is 4.05. The predicted molar refractivity (Wildman–Crippen MR) is 123 cm³/mol. The third-order valence-electron chi connectivity index (χ3n) is 5.72. The Balaban J connectivity index is 1.24. The Hall–Kier alpha value is -4.54. The molecule has 1 aliphatic heterocycles. The summed E-state index contributed by atoms with van der Waals surface area (Å²) in [7, 11) is 1.74. The number of nitrogens with zero attached hydrogens (tertiary/aromatic N) is 4. The molecule has 0 aliphatic carbocycles. The van der Waals surface area contributed by atoms with Crippen molar-refractivity contribution in [3.63, 3.8) is 0 Å². The molecule has 0 spiro atoms. The molecule has 1 unspecified atom stereocenters. The van der Waals surface area contributed by atoms with Crippen LogP contribution in [0.1, 0.15) is 30.3 Å². The summed E-state index contributed by atoms with van der Waals surface area (Å²) in [6.07, 6.45) is 0.657. The molecule has 4 aromatic rings. The van der Waals surface area contributed by atoms with Crippen molar-refractivity contribution in [1.29, 1.82) is 0 Å². The van der Waals surface area contributed by atoms with Gasteiger partial charge in [-0.3, -0.25) is 24.4 Å². The minimum Gasteiger partial charge on any atom is -0.482 e. The van der Waals surface area contributed by atoms with Crippen LogP contribution in [0, 0.1) is 0 Å². The molecule has 178 valence electrons. The van der Waals surface area contributed by atoms with E-state index in [-0.39, 0.29) is 37.3 Å². The second kappa shape index (κ2) is 9.37. The van der Waals surface area contributed by atoms with Crippen molar-refractivity contribution in [1.82, 2.24) is 30.6 Å². The normalized spacial score (nSPS) is 15.7. The predicted octanol–water partition coefficient (Wildman–Crippen LogP) is 1.84. The molecular formula is C24H22N6O5. The summed E-state index contributed by atoms with van der Waals surface area (Å²) in [6, 6.07) is 14.7. The Morgan fingerprint density at radius 3 is 2.83 bits per heavy atom. The van der Waals surface area contributed by atoms with Crippen LogP contribution in [0.15, 0.2) is 53.1 Å². The monoisotopic (exact) mass is 474 g/mol. The fourth-order valence-corrected chi connectivity index (χ4v) is 4.05. The van der Waals surface area contributed by atoms with Gasteiger partial charge in [-0.2, -0.15) is 10.1 Å². The molecule has 1 atom stereocenters. The average Bonchev–Trinajstić information content (AvgIpc) is 3.47. The van der Waals surface area contributed by atoms with E-state index in [9.17, 15) is 14.4 Å². The van der Waals surface area contributed by atoms with Crippen LogP contribution in [0.3, 0.4) is 0 Å². The van der Waals surface area contributed by atoms with Crippen molar-refractivity contribution in [2.75, 3.05) is 6.61 Å². The van der Waals surface area contributed by atoms with E-state index in [1.807, 2.05) is 36.4 Å². The van der Waals surface area contributed by atoms with E-state index in [2.05, 4.69) is 25.9 Å². The van der Waals surface area contributed by atoms with Gasteiger partial charge in [-0.15, -0.1) is 0 Å². The molecule has 2 N–H and O–H groups in total. The molecule has 2 aromatic heterocycles. The molecule has 35 heavy (non-hydrogen) atoms. The zero-order chi connectivity index (χ0) is 24.4. The number of nitrogens with one attached hydrogen (secondary N) is 2. The molecule has 2 aromatic carbocycles. The third kappa shape index (κ3) is 4.60. The highest BCUT2D eigenvalue weighted by Crippen LogP contribution is 2.34. The summed E-state index contributed by atoms with van der Waals surface area (Å²) in [6.45, 7) is -0.143. The van der Waals surface area contributed by atoms with Crippen LogP contribution in [0.5, 0.6) is 5.75 Å². The molecular weight excluding hydrogens is 452 g/mol. The molecule has 3 amide bonds. The number of carbonyl (C=O) groups excluding carboxylic acids is 3. The summed E-state index contributed by atoms with van der Waals surface area (Å²) in [5.41, 5.74) is 2.03. The molecule has 1 saturated heterocycles. The maximum atomic E-state index is 12.4. The fraction of sp³-hybridized carbons (Fsp3) is 0.250. The second-order valence-corrected chi connectivity index (χ2v) is 8.11. The van der Waals surface area contributed by atoms with Crippen molar-refractivity contribution < 1.29 is 23.6 Å². The lowest BCUT2D eigenvalue weighted by Gasteiger charge is -2.19. The van der Waals surface area contributed by atoms with E-state index in [0.717, 1.165) is 10.9 Å². The van der Waals surface area contributed by atoms with Gasteiger partial charge in [0.25, 0.3) is 11.8 Å². The summed E-state index contributed by atoms with van der Waals surface area (Å²) in [5, 5.41) is 14.2. The quantitative estimate of drug-likeness (QED) is 0.387. The van der Waals surface area contributed by atoms with Gasteiger partial charge >= 0.3 is 0 Å². The van der Waals surface area contributed by atoms with Crippen molar-refractivity contribution in [2.45, 2.75) is 25.3 Å². The van der Waals surface area contributed by atoms with Crippen molar-refractivity contribution >= 4 is 28.6 Å². The summed E-state index contributed by atoms with van der Waals surface area (Å²) in [4.78, 5) is 40.5. The highest BCUT2D eigenvalue weighted by molar-refractivity contribution is 6.03. The number of rotatable bonds is 7. The molecule has 5 rings (SSSR count). The molecule has 0 bridgehead atoms. The van der Waals surface area contributed by atoms with Gasteiger partial charge in [-0.25, -0.2) is 0 Å². The van der Waals surface area contributed by atoms with Crippen LogP contribution in [0.25, 0.3) is 22.4 Å². The van der Waals surface area contributed by atoms with E-state index in [1.165, 1.54) is 0 Å². The zero-order valence-corrected chi connectivity index (χ0v) is 18.9. The minimum atomic E-state index is -0.523. The number of fused-ring (bicyclic) bond motifs is 1. The van der Waals surface area contributed by atoms with Crippen LogP contribution in [-0.2, 0) is 28.0 Å². The lowest BCUT2D eigenvalue weighted by Crippen LogP contribution is -2.39. The molecule has 11 heteroatoms. The topological polar surface area (TPSA) is 141 Å². The van der Waals surface area contributed by atoms with E-state index in [0.29, 0.717) is 35.1 Å². The molecule has 0 saturated carbocycles. The number of aryl methyl sites for hydroxylation is 1. The summed E-state index contributed by atoms with van der Waals surface area (Å²) in [5.74, 6) is -0.341. The maximum absolute atomic E-state index is 12.4. The van der Waals surface area contributed by atoms with Crippen molar-refractivity contribution in [3.8, 4) is 17.2 Å². The number of piperidine rings is 1. The Morgan fingerprint density at radius 2 is 2.03 bits per heavy atom.